The summed E-state index contributed by atoms with van der Waals surface area (Å²) in [4.78, 5) is 62.2. The van der Waals surface area contributed by atoms with Gasteiger partial charge < -0.3 is 4.90 Å². The zero-order valence-electron chi connectivity index (χ0n) is 28.3. The van der Waals surface area contributed by atoms with Gasteiger partial charge in [0, 0.05) is 55.0 Å². The van der Waals surface area contributed by atoms with E-state index in [2.05, 4.69) is 36.1 Å². The average Bonchev–Trinajstić information content (AvgIpc) is 3.14. The third-order valence-electron chi connectivity index (χ3n) is 9.51. The molecule has 5 aromatic rings. The molecule has 5 aromatic carbocycles. The van der Waals surface area contributed by atoms with E-state index in [4.69, 9.17) is 34.8 Å². The van der Waals surface area contributed by atoms with E-state index in [0.29, 0.717) is 45.3 Å². The van der Waals surface area contributed by atoms with Gasteiger partial charge in [-0.05, 0) is 79.2 Å². The maximum atomic E-state index is 14.0. The number of benzene rings is 5. The SMILES string of the molecule is CCCCCCCCN1C(=O)c2ccc3c4c(ccc(c24)C1=O)C(=O)N(c1ccc(N2c4ccccc4Sc4ccccc42)cc1)C3=O.ClC(Cl)Cl. The van der Waals surface area contributed by atoms with Crippen LogP contribution in [0.1, 0.15) is 86.9 Å². The second-order valence-electron chi connectivity index (χ2n) is 12.7. The molecule has 0 atom stereocenters. The molecule has 3 aliphatic rings. The summed E-state index contributed by atoms with van der Waals surface area (Å²) in [7, 11) is 0. The molecule has 3 heterocycles. The lowest BCUT2D eigenvalue weighted by molar-refractivity contribution is 0.0606. The molecule has 0 saturated carbocycles. The number of nitrogens with zero attached hydrogens (tertiary/aromatic N) is 3. The van der Waals surface area contributed by atoms with Crippen molar-refractivity contribution in [3.05, 3.63) is 119 Å². The van der Waals surface area contributed by atoms with Crippen molar-refractivity contribution in [3.8, 4) is 0 Å². The largest absolute Gasteiger partial charge is 0.308 e. The molecular formula is C41H34Cl3N3O4S. The van der Waals surface area contributed by atoms with Crippen molar-refractivity contribution >= 4 is 104 Å². The van der Waals surface area contributed by atoms with E-state index in [1.807, 2.05) is 36.4 Å². The molecule has 0 aliphatic carbocycles. The van der Waals surface area contributed by atoms with E-state index in [0.717, 1.165) is 59.0 Å². The zero-order valence-corrected chi connectivity index (χ0v) is 31.4. The lowest BCUT2D eigenvalue weighted by Crippen LogP contribution is -2.43. The Morgan fingerprint density at radius 2 is 0.923 bits per heavy atom. The Morgan fingerprint density at radius 1 is 0.519 bits per heavy atom. The minimum Gasteiger partial charge on any atom is -0.308 e. The highest BCUT2D eigenvalue weighted by molar-refractivity contribution is 7.99. The Kier molecular flexibility index (Phi) is 10.6. The van der Waals surface area contributed by atoms with Gasteiger partial charge in [-0.3, -0.25) is 24.1 Å². The first kappa shape index (κ1) is 36.0. The van der Waals surface area contributed by atoms with Gasteiger partial charge in [-0.15, -0.1) is 0 Å². The molecule has 0 saturated heterocycles. The minimum atomic E-state index is -0.750. The molecule has 7 nitrogen and oxygen atoms in total. The molecule has 0 unspecified atom stereocenters. The number of fused-ring (bicyclic) bond motifs is 2. The summed E-state index contributed by atoms with van der Waals surface area (Å²) < 4.78 is -0.750. The van der Waals surface area contributed by atoms with Crippen LogP contribution in [0.25, 0.3) is 10.8 Å². The number of para-hydroxylation sites is 2. The molecule has 0 spiro atoms. The van der Waals surface area contributed by atoms with Crippen molar-refractivity contribution in [3.63, 3.8) is 0 Å². The summed E-state index contributed by atoms with van der Waals surface area (Å²) >= 11 is 16.1. The lowest BCUT2D eigenvalue weighted by atomic mass is 9.85. The molecule has 264 valence electrons. The van der Waals surface area contributed by atoms with E-state index in [1.54, 1.807) is 48.2 Å². The van der Waals surface area contributed by atoms with E-state index >= 15 is 0 Å². The summed E-state index contributed by atoms with van der Waals surface area (Å²) in [6.45, 7) is 2.52. The highest BCUT2D eigenvalue weighted by Gasteiger charge is 2.40. The number of carbonyl (C=O) groups is 4. The van der Waals surface area contributed by atoms with Crippen LogP contribution in [0.4, 0.5) is 22.7 Å². The minimum absolute atomic E-state index is 0.301. The molecule has 8 rings (SSSR count). The van der Waals surface area contributed by atoms with E-state index in [9.17, 15) is 19.2 Å². The summed E-state index contributed by atoms with van der Waals surface area (Å²) in [5.74, 6) is -1.71. The number of hydrogen-bond donors (Lipinski definition) is 0. The van der Waals surface area contributed by atoms with Crippen LogP contribution in [-0.2, 0) is 0 Å². The van der Waals surface area contributed by atoms with Crippen molar-refractivity contribution in [2.75, 3.05) is 16.3 Å². The Hall–Kier alpha value is -4.34. The molecule has 0 radical (unpaired) electrons. The molecule has 4 amide bonds. The molecule has 0 fully saturated rings. The average molecular weight is 771 g/mol. The number of alkyl halides is 3. The van der Waals surface area contributed by atoms with Gasteiger partial charge in [0.05, 0.1) is 17.1 Å². The standard InChI is InChI=1S/C40H33N3O4S.CHCl3/c1-2-3-4-5-6-11-24-41-37(44)27-20-22-29-36-30(23-21-28(35(27)36)38(41)45)40(47)43(39(29)46)26-18-16-25(17-19-26)42-31-12-7-9-14-33(31)48-34-15-10-8-13-32(34)42;2-1(3)4/h7-10,12-23H,2-6,11,24H2,1H3;1H. The number of rotatable bonds is 9. The number of amides is 4. The van der Waals surface area contributed by atoms with Crippen LogP contribution in [0.3, 0.4) is 0 Å². The van der Waals surface area contributed by atoms with E-state index < -0.39 is 16.1 Å². The monoisotopic (exact) mass is 769 g/mol. The van der Waals surface area contributed by atoms with Crippen molar-refractivity contribution < 1.29 is 19.2 Å². The first-order valence-corrected chi connectivity index (χ1v) is 19.4. The van der Waals surface area contributed by atoms with Crippen LogP contribution < -0.4 is 9.80 Å². The summed E-state index contributed by atoms with van der Waals surface area (Å²) in [6.07, 6.45) is 6.27. The van der Waals surface area contributed by atoms with E-state index in [1.165, 1.54) is 16.2 Å². The van der Waals surface area contributed by atoms with E-state index in [-0.39, 0.29) is 11.8 Å². The third kappa shape index (κ3) is 6.58. The fourth-order valence-electron chi connectivity index (χ4n) is 7.15. The zero-order chi connectivity index (χ0) is 36.5. The third-order valence-corrected chi connectivity index (χ3v) is 10.6. The number of unbranched alkanes of at least 4 members (excludes halogenated alkanes) is 5. The van der Waals surface area contributed by atoms with Gasteiger partial charge >= 0.3 is 0 Å². The highest BCUT2D eigenvalue weighted by atomic mass is 35.6. The molecule has 52 heavy (non-hydrogen) atoms. The number of carbonyl (C=O) groups excluding carboxylic acids is 4. The van der Waals surface area contributed by atoms with Gasteiger partial charge in [-0.2, -0.15) is 0 Å². The normalized spacial score (nSPS) is 14.4. The van der Waals surface area contributed by atoms with Crippen molar-refractivity contribution in [2.24, 2.45) is 0 Å². The fraction of sp³-hybridized carbons (Fsp3) is 0.220. The van der Waals surface area contributed by atoms with Crippen LogP contribution in [0.5, 0.6) is 0 Å². The topological polar surface area (TPSA) is 78.0 Å². The van der Waals surface area contributed by atoms with Gasteiger partial charge in [-0.1, -0.05) is 110 Å². The van der Waals surface area contributed by atoms with Crippen molar-refractivity contribution in [1.29, 1.82) is 0 Å². The van der Waals surface area contributed by atoms with Gasteiger partial charge in [0.25, 0.3) is 23.6 Å². The van der Waals surface area contributed by atoms with Crippen LogP contribution in [0.2, 0.25) is 0 Å². The van der Waals surface area contributed by atoms with Crippen LogP contribution in [-0.4, -0.2) is 39.4 Å². The van der Waals surface area contributed by atoms with Crippen LogP contribution >= 0.6 is 46.6 Å². The molecule has 11 heteroatoms. The smallest absolute Gasteiger partial charge is 0.265 e. The van der Waals surface area contributed by atoms with Crippen molar-refractivity contribution in [1.82, 2.24) is 4.90 Å². The van der Waals surface area contributed by atoms with Gasteiger partial charge in [0.1, 0.15) is 0 Å². The second kappa shape index (κ2) is 15.3. The molecule has 0 aromatic heterocycles. The number of imide groups is 2. The second-order valence-corrected chi connectivity index (χ2v) is 15.7. The lowest BCUT2D eigenvalue weighted by Gasteiger charge is -2.33. The Labute approximate surface area is 321 Å². The predicted molar refractivity (Wildman–Crippen MR) is 210 cm³/mol. The molecular weight excluding hydrogens is 737 g/mol. The van der Waals surface area contributed by atoms with Crippen LogP contribution in [0, 0.1) is 0 Å². The first-order valence-electron chi connectivity index (χ1n) is 17.2. The maximum Gasteiger partial charge on any atom is 0.265 e. The fourth-order valence-corrected chi connectivity index (χ4v) is 8.20. The quantitative estimate of drug-likeness (QED) is 0.0828. The van der Waals surface area contributed by atoms with Crippen molar-refractivity contribution in [2.45, 2.75) is 59.5 Å². The maximum absolute atomic E-state index is 14.0. The molecule has 0 bridgehead atoms. The Balaban J connectivity index is 0.00000100. The summed E-state index contributed by atoms with van der Waals surface area (Å²) in [6, 6.07) is 30.4. The predicted octanol–water partition coefficient (Wildman–Crippen LogP) is 11.5. The van der Waals surface area contributed by atoms with Gasteiger partial charge in [-0.25, -0.2) is 4.90 Å². The van der Waals surface area contributed by atoms with Gasteiger partial charge in [0.15, 0.2) is 4.30 Å². The molecule has 3 aliphatic heterocycles. The summed E-state index contributed by atoms with van der Waals surface area (Å²) in [5, 5.41) is 0.781. The van der Waals surface area contributed by atoms with Gasteiger partial charge in [0.2, 0.25) is 0 Å². The molecule has 0 N–H and O–H groups in total. The van der Waals surface area contributed by atoms with Crippen LogP contribution in [0.15, 0.2) is 107 Å². The number of hydrogen-bond acceptors (Lipinski definition) is 6. The number of halogens is 3. The Morgan fingerprint density at radius 3 is 1.40 bits per heavy atom. The summed E-state index contributed by atoms with van der Waals surface area (Å²) in [5.41, 5.74) is 4.77. The Bertz CT molecular complexity index is 2110. The first-order chi connectivity index (χ1) is 25.2. The highest BCUT2D eigenvalue weighted by Crippen LogP contribution is 2.51. The number of anilines is 4.